The molecule has 0 heterocycles. The Kier molecular flexibility index (Phi) is 24.5. The van der Waals surface area contributed by atoms with E-state index < -0.39 is 0 Å². The Morgan fingerprint density at radius 1 is 0.379 bits per heavy atom. The Labute approximate surface area is 356 Å². The van der Waals surface area contributed by atoms with Crippen molar-refractivity contribution in [3.63, 3.8) is 0 Å². The molecule has 2 aromatic carbocycles. The van der Waals surface area contributed by atoms with Gasteiger partial charge in [-0.25, -0.2) is 0 Å². The molecule has 0 amide bonds. The van der Waals surface area contributed by atoms with Crippen LogP contribution in [0.3, 0.4) is 0 Å². The van der Waals surface area contributed by atoms with Gasteiger partial charge in [0.1, 0.15) is 11.5 Å². The standard InChI is InChI=1S/C56H82O2/c1-42(2)22-14-23-43(3)24-15-25-44(4)26-16-27-45(5)28-17-29-46(6)30-18-31-47(7)32-19-33-48(8)34-20-35-49(9)36-21-37-50(10)40-41-52-51(11)55(57)53-38-12-13-39-54(53)56(52)58/h12-13,22,24,26,28,30,32,34,36,38-40,57-58H,14-21,23,25,27,29,31,33,35,37,41H2,1-11H3/b43-24-,44-26+,45-28+,46-30+,47-32+,48-34+,49-36+,50-40-. The van der Waals surface area contributed by atoms with Gasteiger partial charge in [-0.15, -0.1) is 0 Å². The van der Waals surface area contributed by atoms with Gasteiger partial charge in [0, 0.05) is 16.3 Å². The van der Waals surface area contributed by atoms with Crippen molar-refractivity contribution in [3.8, 4) is 11.5 Å². The van der Waals surface area contributed by atoms with Crippen molar-refractivity contribution in [1.29, 1.82) is 0 Å². The van der Waals surface area contributed by atoms with E-state index in [1.807, 2.05) is 31.2 Å². The topological polar surface area (TPSA) is 40.5 Å². The van der Waals surface area contributed by atoms with Crippen LogP contribution in [0.1, 0.15) is 183 Å². The first-order valence-corrected chi connectivity index (χ1v) is 22.5. The highest BCUT2D eigenvalue weighted by Gasteiger charge is 2.14. The fraction of sp³-hybridized carbons (Fsp3) is 0.500. The summed E-state index contributed by atoms with van der Waals surface area (Å²) < 4.78 is 0. The van der Waals surface area contributed by atoms with Gasteiger partial charge in [0.25, 0.3) is 0 Å². The molecule has 58 heavy (non-hydrogen) atoms. The number of hydrogen-bond donors (Lipinski definition) is 2. The maximum absolute atomic E-state index is 10.9. The number of rotatable bonds is 26. The van der Waals surface area contributed by atoms with E-state index in [0.29, 0.717) is 17.2 Å². The van der Waals surface area contributed by atoms with Crippen LogP contribution in [0.15, 0.2) is 129 Å². The van der Waals surface area contributed by atoms with E-state index in [9.17, 15) is 10.2 Å². The molecule has 0 bridgehead atoms. The van der Waals surface area contributed by atoms with Gasteiger partial charge in [0.15, 0.2) is 0 Å². The average Bonchev–Trinajstić information content (AvgIpc) is 3.17. The molecular weight excluding hydrogens is 705 g/mol. The van der Waals surface area contributed by atoms with Crippen LogP contribution in [0.2, 0.25) is 0 Å². The second kappa shape index (κ2) is 28.4. The largest absolute Gasteiger partial charge is 0.507 e. The fourth-order valence-electron chi connectivity index (χ4n) is 7.34. The van der Waals surface area contributed by atoms with Gasteiger partial charge in [-0.05, 0) is 191 Å². The third-order valence-corrected chi connectivity index (χ3v) is 11.5. The van der Waals surface area contributed by atoms with E-state index >= 15 is 0 Å². The van der Waals surface area contributed by atoms with Crippen LogP contribution in [0, 0.1) is 6.92 Å². The normalized spacial score (nSPS) is 14.2. The Hall–Kier alpha value is -4.04. The molecule has 2 nitrogen and oxygen atoms in total. The lowest BCUT2D eigenvalue weighted by Crippen LogP contribution is -1.92. The molecular formula is C56H82O2. The highest BCUT2D eigenvalue weighted by atomic mass is 16.3. The number of aromatic hydroxyl groups is 2. The summed E-state index contributed by atoms with van der Waals surface area (Å²) in [4.78, 5) is 0. The average molecular weight is 787 g/mol. The first kappa shape index (κ1) is 50.1. The minimum absolute atomic E-state index is 0.267. The Bertz CT molecular complexity index is 1850. The summed E-state index contributed by atoms with van der Waals surface area (Å²) in [5, 5.41) is 23.0. The molecule has 2 heteroatoms. The molecule has 2 aromatic rings. The molecule has 0 radical (unpaired) electrons. The third-order valence-electron chi connectivity index (χ3n) is 11.5. The van der Waals surface area contributed by atoms with Crippen molar-refractivity contribution in [2.24, 2.45) is 0 Å². The Morgan fingerprint density at radius 3 is 0.931 bits per heavy atom. The van der Waals surface area contributed by atoms with Gasteiger partial charge in [0.05, 0.1) is 0 Å². The molecule has 318 valence electrons. The summed E-state index contributed by atoms with van der Waals surface area (Å²) in [5.74, 6) is 0.548. The molecule has 0 aromatic heterocycles. The zero-order valence-electron chi connectivity index (χ0n) is 38.9. The van der Waals surface area contributed by atoms with Gasteiger partial charge in [-0.1, -0.05) is 129 Å². The SMILES string of the molecule is CC(C)=CCC/C(C)=C\CC/C(C)=C/CC/C(C)=C/CC/C(C)=C/CC/C(C)=C/CC/C(C)=C/CC/C(C)=C/CC/C(C)=C\Cc1c(C)c(O)c2ccccc2c1O. The Morgan fingerprint density at radius 2 is 0.638 bits per heavy atom. The van der Waals surface area contributed by atoms with Gasteiger partial charge in [0.2, 0.25) is 0 Å². The fourth-order valence-corrected chi connectivity index (χ4v) is 7.34. The summed E-state index contributed by atoms with van der Waals surface area (Å²) in [6, 6.07) is 7.50. The van der Waals surface area contributed by atoms with Crippen molar-refractivity contribution < 1.29 is 10.2 Å². The number of allylic oxidation sites excluding steroid dienone is 18. The highest BCUT2D eigenvalue weighted by molar-refractivity contribution is 5.95. The number of benzene rings is 2. The maximum Gasteiger partial charge on any atom is 0.127 e. The van der Waals surface area contributed by atoms with Crippen LogP contribution in [-0.4, -0.2) is 10.2 Å². The molecule has 0 aliphatic heterocycles. The molecule has 2 rings (SSSR count). The van der Waals surface area contributed by atoms with Gasteiger partial charge < -0.3 is 10.2 Å². The number of hydrogen-bond acceptors (Lipinski definition) is 2. The zero-order valence-corrected chi connectivity index (χ0v) is 38.9. The molecule has 0 aliphatic carbocycles. The molecule has 0 atom stereocenters. The van der Waals surface area contributed by atoms with Crippen molar-refractivity contribution in [3.05, 3.63) is 140 Å². The molecule has 0 saturated carbocycles. The summed E-state index contributed by atoms with van der Waals surface area (Å²) in [7, 11) is 0. The van der Waals surface area contributed by atoms with Crippen LogP contribution < -0.4 is 0 Å². The van der Waals surface area contributed by atoms with Crippen LogP contribution in [-0.2, 0) is 6.42 Å². The molecule has 0 aliphatic rings. The van der Waals surface area contributed by atoms with Gasteiger partial charge in [-0.3, -0.25) is 0 Å². The van der Waals surface area contributed by atoms with E-state index in [0.717, 1.165) is 94.6 Å². The number of phenols is 2. The van der Waals surface area contributed by atoms with Crippen molar-refractivity contribution >= 4 is 10.8 Å². The van der Waals surface area contributed by atoms with Gasteiger partial charge in [-0.2, -0.15) is 0 Å². The van der Waals surface area contributed by atoms with Crippen LogP contribution >= 0.6 is 0 Å². The van der Waals surface area contributed by atoms with Crippen LogP contribution in [0.4, 0.5) is 0 Å². The predicted octanol–water partition coefficient (Wildman–Crippen LogP) is 17.9. The zero-order chi connectivity index (χ0) is 42.9. The van der Waals surface area contributed by atoms with E-state index in [-0.39, 0.29) is 11.5 Å². The third kappa shape index (κ3) is 21.1. The number of fused-ring (bicyclic) bond motifs is 1. The van der Waals surface area contributed by atoms with E-state index in [2.05, 4.69) is 124 Å². The van der Waals surface area contributed by atoms with Crippen molar-refractivity contribution in [1.82, 2.24) is 0 Å². The van der Waals surface area contributed by atoms with Crippen LogP contribution in [0.5, 0.6) is 11.5 Å². The maximum atomic E-state index is 10.9. The Balaban J connectivity index is 1.61. The second-order valence-electron chi connectivity index (χ2n) is 17.5. The molecule has 2 N–H and O–H groups in total. The minimum Gasteiger partial charge on any atom is -0.507 e. The summed E-state index contributed by atoms with van der Waals surface area (Å²) >= 11 is 0. The van der Waals surface area contributed by atoms with E-state index in [1.165, 1.54) is 69.4 Å². The highest BCUT2D eigenvalue weighted by Crippen LogP contribution is 2.39. The van der Waals surface area contributed by atoms with Gasteiger partial charge >= 0.3 is 0 Å². The lowest BCUT2D eigenvalue weighted by Gasteiger charge is -2.13. The molecule has 0 unspecified atom stereocenters. The second-order valence-corrected chi connectivity index (χ2v) is 17.5. The smallest absolute Gasteiger partial charge is 0.127 e. The number of phenolic OH excluding ortho intramolecular Hbond substituents is 2. The summed E-state index contributed by atoms with van der Waals surface area (Å²) in [6.45, 7) is 24.4. The minimum atomic E-state index is 0.267. The molecule has 0 fully saturated rings. The summed E-state index contributed by atoms with van der Waals surface area (Å²) in [6.07, 6.45) is 40.3. The molecule has 0 saturated heterocycles. The summed E-state index contributed by atoms with van der Waals surface area (Å²) in [5.41, 5.74) is 14.8. The first-order valence-electron chi connectivity index (χ1n) is 22.5. The van der Waals surface area contributed by atoms with E-state index in [4.69, 9.17) is 0 Å². The van der Waals surface area contributed by atoms with Crippen molar-refractivity contribution in [2.75, 3.05) is 0 Å². The van der Waals surface area contributed by atoms with Crippen molar-refractivity contribution in [2.45, 2.75) is 185 Å². The molecule has 0 spiro atoms. The lowest BCUT2D eigenvalue weighted by atomic mass is 9.95. The monoisotopic (exact) mass is 787 g/mol. The lowest BCUT2D eigenvalue weighted by molar-refractivity contribution is 0.461. The first-order chi connectivity index (χ1) is 27.7. The predicted molar refractivity (Wildman–Crippen MR) is 259 cm³/mol. The van der Waals surface area contributed by atoms with E-state index in [1.54, 1.807) is 0 Å². The van der Waals surface area contributed by atoms with Crippen LogP contribution in [0.25, 0.3) is 10.8 Å². The quantitative estimate of drug-likeness (QED) is 0.0736.